The highest BCUT2D eigenvalue weighted by Crippen LogP contribution is 2.55. The summed E-state index contributed by atoms with van der Waals surface area (Å²) < 4.78 is 3.07. The Labute approximate surface area is 413 Å². The topological polar surface area (TPSA) is 8.17 Å². The van der Waals surface area contributed by atoms with Crippen LogP contribution in [-0.4, -0.2) is 21.6 Å². The lowest BCUT2D eigenvalue weighted by Gasteiger charge is -2.44. The van der Waals surface area contributed by atoms with Gasteiger partial charge in [0.1, 0.15) is 0 Å². The number of hydrogen-bond acceptors (Lipinski definition) is 1. The molecule has 1 aromatic carbocycles. The summed E-state index contributed by atoms with van der Waals surface area (Å²) in [6.45, 7) is 0. The Balaban J connectivity index is 0.681. The second-order valence-electron chi connectivity index (χ2n) is 25.3. The van der Waals surface area contributed by atoms with Gasteiger partial charge in [0.15, 0.2) is 0 Å². The molecule has 1 aromatic heterocycles. The molecule has 362 valence electrons. The molecule has 1 saturated heterocycles. The lowest BCUT2D eigenvalue weighted by Crippen LogP contribution is -2.42. The van der Waals surface area contributed by atoms with Gasteiger partial charge >= 0.3 is 0 Å². The molecule has 8 unspecified atom stereocenters. The van der Waals surface area contributed by atoms with E-state index in [1.807, 2.05) is 33.7 Å². The van der Waals surface area contributed by atoms with E-state index >= 15 is 0 Å². The highest BCUT2D eigenvalue weighted by atomic mass is 15.2. The second-order valence-corrected chi connectivity index (χ2v) is 25.3. The average Bonchev–Trinajstić information content (AvgIpc) is 3.94. The first-order valence-electron chi connectivity index (χ1n) is 29.9. The number of likely N-dealkylation sites (tertiary alicyclic amines) is 1. The molecule has 0 amide bonds. The van der Waals surface area contributed by atoms with Crippen LogP contribution in [0.2, 0.25) is 0 Å². The minimum Gasteiger partial charge on any atom is -0.365 e. The van der Waals surface area contributed by atoms with Crippen molar-refractivity contribution in [1.82, 2.24) is 9.47 Å². The Kier molecular flexibility index (Phi) is 13.0. The van der Waals surface area contributed by atoms with Crippen LogP contribution in [-0.2, 0) is 25.7 Å². The van der Waals surface area contributed by atoms with Crippen molar-refractivity contribution >= 4 is 0 Å². The Morgan fingerprint density at radius 1 is 0.500 bits per heavy atom. The molecule has 10 aliphatic carbocycles. The quantitative estimate of drug-likeness (QED) is 0.240. The zero-order valence-corrected chi connectivity index (χ0v) is 42.3. The largest absolute Gasteiger partial charge is 0.365 e. The highest BCUT2D eigenvalue weighted by molar-refractivity contribution is 5.44. The Bertz CT molecular complexity index is 2290. The summed E-state index contributed by atoms with van der Waals surface area (Å²) in [5.41, 5.74) is 16.1. The van der Waals surface area contributed by atoms with Gasteiger partial charge in [0.25, 0.3) is 0 Å². The number of hydrogen-bond donors (Lipinski definition) is 0. The summed E-state index contributed by atoms with van der Waals surface area (Å²) in [6.07, 6.45) is 64.9. The van der Waals surface area contributed by atoms with Gasteiger partial charge in [0, 0.05) is 46.9 Å². The molecule has 0 spiro atoms. The van der Waals surface area contributed by atoms with E-state index in [4.69, 9.17) is 0 Å². The molecule has 0 radical (unpaired) electrons. The maximum atomic E-state index is 3.07. The predicted octanol–water partition coefficient (Wildman–Crippen LogP) is 17.0. The van der Waals surface area contributed by atoms with Crippen LogP contribution in [0.25, 0.3) is 0 Å². The third-order valence-corrected chi connectivity index (χ3v) is 21.9. The molecule has 4 saturated carbocycles. The molecular weight excluding hydrogens is 821 g/mol. The molecule has 2 heterocycles. The van der Waals surface area contributed by atoms with Crippen molar-refractivity contribution in [2.75, 3.05) is 0 Å². The molecule has 68 heavy (non-hydrogen) atoms. The van der Waals surface area contributed by atoms with Gasteiger partial charge in [-0.1, -0.05) is 122 Å². The number of nitrogens with zero attached hydrogens (tertiary/aromatic N) is 2. The summed E-state index contributed by atoms with van der Waals surface area (Å²) in [6, 6.07) is 13.6. The molecule has 11 aliphatic rings. The fourth-order valence-electron chi connectivity index (χ4n) is 18.4. The van der Waals surface area contributed by atoms with Crippen LogP contribution in [0, 0.1) is 53.3 Å². The van der Waals surface area contributed by atoms with Gasteiger partial charge in [-0.3, -0.25) is 0 Å². The molecule has 5 fully saturated rings. The van der Waals surface area contributed by atoms with Crippen molar-refractivity contribution in [2.24, 2.45) is 53.3 Å². The van der Waals surface area contributed by atoms with E-state index in [0.717, 1.165) is 59.4 Å². The fraction of sp³-hybridized carbons (Fsp3) is 0.667. The van der Waals surface area contributed by atoms with Gasteiger partial charge in [0.05, 0.1) is 6.04 Å². The Hall–Kier alpha value is -3.26. The van der Waals surface area contributed by atoms with E-state index in [1.165, 1.54) is 205 Å². The SMILES string of the molecule is C1=CC2C3CC(C4CCc5c(c6c(n5C5CCC(C7=CC(C8CCCCC8)=CC(c8ccccc8)C7)CC5)CCCC6)C4)CC=C3N(C3CCC(C4CCCC(C5=CCCCC5)C4)CC3)C2C=C1. The molecule has 2 nitrogen and oxygen atoms in total. The maximum Gasteiger partial charge on any atom is 0.0545 e. The lowest BCUT2D eigenvalue weighted by atomic mass is 9.67. The van der Waals surface area contributed by atoms with E-state index in [9.17, 15) is 0 Å². The number of allylic oxidation sites excluding steroid dienone is 10. The number of rotatable bonds is 8. The van der Waals surface area contributed by atoms with Gasteiger partial charge in [-0.25, -0.2) is 0 Å². The van der Waals surface area contributed by atoms with Crippen LogP contribution in [0.5, 0.6) is 0 Å². The first-order valence-corrected chi connectivity index (χ1v) is 29.9. The van der Waals surface area contributed by atoms with E-state index in [-0.39, 0.29) is 0 Å². The van der Waals surface area contributed by atoms with Crippen LogP contribution in [0.3, 0.4) is 0 Å². The van der Waals surface area contributed by atoms with E-state index in [0.29, 0.717) is 17.9 Å². The number of aromatic nitrogens is 1. The number of fused-ring (bicyclic) bond motifs is 6. The monoisotopic (exact) mass is 909 g/mol. The van der Waals surface area contributed by atoms with Gasteiger partial charge in [-0.15, -0.1) is 0 Å². The first-order chi connectivity index (χ1) is 33.7. The lowest BCUT2D eigenvalue weighted by molar-refractivity contribution is 0.111. The van der Waals surface area contributed by atoms with Crippen molar-refractivity contribution in [3.05, 3.63) is 129 Å². The van der Waals surface area contributed by atoms with Crippen LogP contribution in [0.4, 0.5) is 0 Å². The Morgan fingerprint density at radius 3 is 2.15 bits per heavy atom. The van der Waals surface area contributed by atoms with E-state index in [2.05, 4.69) is 88.4 Å². The summed E-state index contributed by atoms with van der Waals surface area (Å²) >= 11 is 0. The standard InChI is InChI=1S/C66H88N2/c1-4-15-45(16-5-1)50-21-14-22-51(39-50)48-27-33-57(34-28-48)67-63-25-12-10-23-59(63)61-43-52(31-37-65(61)67)53-32-38-66-62(44-53)60-24-11-13-26-64(60)68(66)58-35-29-49(30-36-58)56-41-54(46-17-6-2-7-18-46)40-55(42-56)47-19-8-3-9-20-47/h2,6-7,10,12,15,17-18,23,25,37,40,42,47-54,57-59,61,63H,1,3-5,8-9,11,13-14,16,19-22,24,26-36,38-39,41,43-44H2. The third kappa shape index (κ3) is 8.60. The molecule has 2 heteroatoms. The molecular formula is C66H88N2. The molecule has 8 atom stereocenters. The van der Waals surface area contributed by atoms with Crippen LogP contribution < -0.4 is 0 Å². The van der Waals surface area contributed by atoms with Crippen molar-refractivity contribution in [3.8, 4) is 0 Å². The smallest absolute Gasteiger partial charge is 0.0545 e. The molecule has 13 rings (SSSR count). The minimum absolute atomic E-state index is 0.562. The molecule has 2 aromatic rings. The van der Waals surface area contributed by atoms with Crippen LogP contribution in [0.1, 0.15) is 213 Å². The van der Waals surface area contributed by atoms with Crippen molar-refractivity contribution < 1.29 is 0 Å². The van der Waals surface area contributed by atoms with Crippen LogP contribution >= 0.6 is 0 Å². The normalized spacial score (nSPS) is 37.5. The fourth-order valence-corrected chi connectivity index (χ4v) is 18.4. The summed E-state index contributed by atoms with van der Waals surface area (Å²) in [5.74, 6) is 8.14. The summed E-state index contributed by atoms with van der Waals surface area (Å²) in [7, 11) is 0. The van der Waals surface area contributed by atoms with Crippen molar-refractivity contribution in [1.29, 1.82) is 0 Å². The van der Waals surface area contributed by atoms with Crippen molar-refractivity contribution in [2.45, 2.75) is 223 Å². The van der Waals surface area contributed by atoms with E-state index in [1.54, 1.807) is 11.3 Å². The zero-order valence-electron chi connectivity index (χ0n) is 42.3. The van der Waals surface area contributed by atoms with Gasteiger partial charge < -0.3 is 9.47 Å². The average molecular weight is 909 g/mol. The number of benzene rings is 1. The van der Waals surface area contributed by atoms with Crippen molar-refractivity contribution in [3.63, 3.8) is 0 Å². The summed E-state index contributed by atoms with van der Waals surface area (Å²) in [5, 5.41) is 0. The van der Waals surface area contributed by atoms with Crippen LogP contribution in [0.15, 0.2) is 101 Å². The summed E-state index contributed by atoms with van der Waals surface area (Å²) in [4.78, 5) is 3.06. The van der Waals surface area contributed by atoms with Gasteiger partial charge in [-0.2, -0.15) is 0 Å². The van der Waals surface area contributed by atoms with Gasteiger partial charge in [-0.05, 0) is 231 Å². The zero-order chi connectivity index (χ0) is 45.0. The maximum absolute atomic E-state index is 3.07. The second kappa shape index (κ2) is 19.7. The molecule has 0 bridgehead atoms. The highest BCUT2D eigenvalue weighted by Gasteiger charge is 2.50. The Morgan fingerprint density at radius 2 is 1.29 bits per heavy atom. The predicted molar refractivity (Wildman–Crippen MR) is 284 cm³/mol. The van der Waals surface area contributed by atoms with Gasteiger partial charge in [0.2, 0.25) is 0 Å². The van der Waals surface area contributed by atoms with E-state index < -0.39 is 0 Å². The minimum atomic E-state index is 0.562. The molecule has 0 N–H and O–H groups in total. The molecule has 1 aliphatic heterocycles. The first kappa shape index (κ1) is 44.7. The third-order valence-electron chi connectivity index (χ3n) is 21.9.